The summed E-state index contributed by atoms with van der Waals surface area (Å²) in [6.45, 7) is 2.40. The molecule has 1 fully saturated rings. The average molecular weight is 513 g/mol. The second kappa shape index (κ2) is 9.75. The van der Waals surface area contributed by atoms with E-state index in [9.17, 15) is 9.59 Å². The minimum absolute atomic E-state index is 0.0331. The van der Waals surface area contributed by atoms with Gasteiger partial charge >= 0.3 is 6.03 Å². The van der Waals surface area contributed by atoms with Crippen LogP contribution in [0.3, 0.4) is 0 Å². The van der Waals surface area contributed by atoms with Gasteiger partial charge in [0.2, 0.25) is 0 Å². The van der Waals surface area contributed by atoms with Crippen LogP contribution < -0.4 is 9.64 Å². The van der Waals surface area contributed by atoms with Gasteiger partial charge in [-0.25, -0.2) is 4.79 Å². The SMILES string of the molecule is O=C(c1ccc2ncccc2c1)N1CCCN(C(=O)N2Cc3ccccc3Oc3ccc(Cl)cc32)CC1. The summed E-state index contributed by atoms with van der Waals surface area (Å²) in [5.74, 6) is 1.27. The highest BCUT2D eigenvalue weighted by molar-refractivity contribution is 6.31. The second-order valence-electron chi connectivity index (χ2n) is 9.23. The molecule has 37 heavy (non-hydrogen) atoms. The fourth-order valence-corrected chi connectivity index (χ4v) is 5.11. The minimum Gasteiger partial charge on any atom is -0.455 e. The first-order chi connectivity index (χ1) is 18.1. The van der Waals surface area contributed by atoms with E-state index >= 15 is 0 Å². The third-order valence-electron chi connectivity index (χ3n) is 6.87. The molecule has 0 radical (unpaired) electrons. The predicted molar refractivity (Wildman–Crippen MR) is 143 cm³/mol. The van der Waals surface area contributed by atoms with Crippen LogP contribution in [0.1, 0.15) is 22.3 Å². The zero-order valence-electron chi connectivity index (χ0n) is 20.1. The number of hydrogen-bond donors (Lipinski definition) is 0. The van der Waals surface area contributed by atoms with Crippen LogP contribution in [-0.2, 0) is 6.54 Å². The summed E-state index contributed by atoms with van der Waals surface area (Å²) in [6.07, 6.45) is 2.43. The molecule has 0 spiro atoms. The lowest BCUT2D eigenvalue weighted by Gasteiger charge is -2.30. The van der Waals surface area contributed by atoms with Crippen molar-refractivity contribution in [2.75, 3.05) is 31.1 Å². The lowest BCUT2D eigenvalue weighted by Crippen LogP contribution is -2.45. The van der Waals surface area contributed by atoms with Crippen molar-refractivity contribution in [2.24, 2.45) is 0 Å². The van der Waals surface area contributed by atoms with E-state index in [4.69, 9.17) is 16.3 Å². The van der Waals surface area contributed by atoms with E-state index in [1.807, 2.05) is 64.4 Å². The van der Waals surface area contributed by atoms with Gasteiger partial charge in [0.05, 0.1) is 17.7 Å². The summed E-state index contributed by atoms with van der Waals surface area (Å²) in [5, 5.41) is 1.46. The topological polar surface area (TPSA) is 66.0 Å². The molecule has 1 aromatic heterocycles. The van der Waals surface area contributed by atoms with Gasteiger partial charge < -0.3 is 14.5 Å². The lowest BCUT2D eigenvalue weighted by atomic mass is 10.1. The van der Waals surface area contributed by atoms with Crippen molar-refractivity contribution in [2.45, 2.75) is 13.0 Å². The van der Waals surface area contributed by atoms with E-state index in [1.54, 1.807) is 29.3 Å². The van der Waals surface area contributed by atoms with Crippen molar-refractivity contribution in [1.82, 2.24) is 14.8 Å². The molecule has 4 aromatic rings. The van der Waals surface area contributed by atoms with Gasteiger partial charge in [-0.1, -0.05) is 35.9 Å². The zero-order valence-corrected chi connectivity index (χ0v) is 20.9. The summed E-state index contributed by atoms with van der Waals surface area (Å²) in [4.78, 5) is 36.9. The number of carbonyl (C=O) groups excluding carboxylic acids is 2. The van der Waals surface area contributed by atoms with Crippen molar-refractivity contribution in [1.29, 1.82) is 0 Å². The van der Waals surface area contributed by atoms with Gasteiger partial charge in [0.25, 0.3) is 5.91 Å². The largest absolute Gasteiger partial charge is 0.455 e. The van der Waals surface area contributed by atoms with E-state index in [0.29, 0.717) is 61.2 Å². The molecule has 3 heterocycles. The number of rotatable bonds is 1. The highest BCUT2D eigenvalue weighted by atomic mass is 35.5. The highest BCUT2D eigenvalue weighted by Crippen LogP contribution is 2.40. The number of fused-ring (bicyclic) bond motifs is 3. The number of hydrogen-bond acceptors (Lipinski definition) is 4. The third kappa shape index (κ3) is 4.58. The van der Waals surface area contributed by atoms with E-state index in [1.165, 1.54) is 0 Å². The standard InChI is InChI=1S/C29H25ClN4O3/c30-23-9-11-27-25(18-23)34(19-22-5-1-2-7-26(22)37-27)29(36)33-14-4-13-32(15-16-33)28(35)21-8-10-24-20(17-21)6-3-12-31-24/h1-3,5-12,17-18H,4,13-16,19H2. The number of urea groups is 1. The Bertz CT molecular complexity index is 1510. The molecule has 186 valence electrons. The molecule has 0 saturated carbocycles. The van der Waals surface area contributed by atoms with Crippen LogP contribution in [0.15, 0.2) is 79.0 Å². The summed E-state index contributed by atoms with van der Waals surface area (Å²) in [7, 11) is 0. The number of carbonyl (C=O) groups is 2. The maximum absolute atomic E-state index is 13.9. The van der Waals surface area contributed by atoms with Crippen LogP contribution in [-0.4, -0.2) is 52.9 Å². The van der Waals surface area contributed by atoms with Gasteiger partial charge in [0.15, 0.2) is 5.75 Å². The Labute approximate surface area is 219 Å². The van der Waals surface area contributed by atoms with E-state index in [2.05, 4.69) is 4.98 Å². The molecular weight excluding hydrogens is 488 g/mol. The molecule has 1 saturated heterocycles. The van der Waals surface area contributed by atoms with Crippen molar-refractivity contribution in [3.05, 3.63) is 95.1 Å². The second-order valence-corrected chi connectivity index (χ2v) is 9.67. The highest BCUT2D eigenvalue weighted by Gasteiger charge is 2.31. The van der Waals surface area contributed by atoms with Gasteiger partial charge in [-0.3, -0.25) is 14.7 Å². The van der Waals surface area contributed by atoms with Crippen molar-refractivity contribution >= 4 is 40.1 Å². The molecule has 6 rings (SSSR count). The summed E-state index contributed by atoms with van der Waals surface area (Å²) in [6, 6.07) is 22.3. The molecule has 8 heteroatoms. The Morgan fingerprint density at radius 2 is 1.68 bits per heavy atom. The van der Waals surface area contributed by atoms with Gasteiger partial charge in [-0.05, 0) is 55.0 Å². The molecule has 3 aromatic carbocycles. The molecule has 7 nitrogen and oxygen atoms in total. The number of pyridine rings is 1. The first-order valence-corrected chi connectivity index (χ1v) is 12.7. The normalized spacial score (nSPS) is 15.3. The molecular formula is C29H25ClN4O3. The number of amides is 3. The smallest absolute Gasteiger partial charge is 0.324 e. The van der Waals surface area contributed by atoms with Crippen LogP contribution in [0.25, 0.3) is 10.9 Å². The van der Waals surface area contributed by atoms with Gasteiger partial charge in [-0.2, -0.15) is 0 Å². The van der Waals surface area contributed by atoms with Gasteiger partial charge in [-0.15, -0.1) is 0 Å². The number of benzene rings is 3. The van der Waals surface area contributed by atoms with Crippen LogP contribution >= 0.6 is 11.6 Å². The Morgan fingerprint density at radius 3 is 2.59 bits per heavy atom. The zero-order chi connectivity index (χ0) is 25.4. The molecule has 0 bridgehead atoms. The van der Waals surface area contributed by atoms with Crippen molar-refractivity contribution < 1.29 is 14.3 Å². The predicted octanol–water partition coefficient (Wildman–Crippen LogP) is 5.97. The maximum Gasteiger partial charge on any atom is 0.324 e. The number of ether oxygens (including phenoxy) is 1. The first-order valence-electron chi connectivity index (χ1n) is 12.3. The first kappa shape index (κ1) is 23.3. The van der Waals surface area contributed by atoms with Gasteiger partial charge in [0.1, 0.15) is 5.75 Å². The molecule has 0 aliphatic carbocycles. The molecule has 3 amide bonds. The fraction of sp³-hybridized carbons (Fsp3) is 0.207. The van der Waals surface area contributed by atoms with Crippen LogP contribution in [0.5, 0.6) is 11.5 Å². The Kier molecular flexibility index (Phi) is 6.14. The Balaban J connectivity index is 1.22. The van der Waals surface area contributed by atoms with Crippen molar-refractivity contribution in [3.63, 3.8) is 0 Å². The Hall–Kier alpha value is -4.10. The third-order valence-corrected chi connectivity index (χ3v) is 7.10. The van der Waals surface area contributed by atoms with Crippen LogP contribution in [0.2, 0.25) is 5.02 Å². The lowest BCUT2D eigenvalue weighted by molar-refractivity contribution is 0.0762. The molecule has 2 aliphatic rings. The molecule has 2 aliphatic heterocycles. The summed E-state index contributed by atoms with van der Waals surface area (Å²) >= 11 is 6.32. The molecule has 0 unspecified atom stereocenters. The van der Waals surface area contributed by atoms with Crippen LogP contribution in [0.4, 0.5) is 10.5 Å². The fourth-order valence-electron chi connectivity index (χ4n) is 4.94. The number of halogens is 1. The molecule has 0 N–H and O–H groups in total. The average Bonchev–Trinajstić information content (AvgIpc) is 3.27. The number of nitrogens with zero attached hydrogens (tertiary/aromatic N) is 4. The summed E-state index contributed by atoms with van der Waals surface area (Å²) in [5.41, 5.74) is 3.04. The summed E-state index contributed by atoms with van der Waals surface area (Å²) < 4.78 is 6.15. The van der Waals surface area contributed by atoms with E-state index < -0.39 is 0 Å². The number of anilines is 1. The van der Waals surface area contributed by atoms with E-state index in [0.717, 1.165) is 22.2 Å². The molecule has 0 atom stereocenters. The monoisotopic (exact) mass is 512 g/mol. The van der Waals surface area contributed by atoms with Gasteiger partial charge in [0, 0.05) is 53.9 Å². The van der Waals surface area contributed by atoms with E-state index in [-0.39, 0.29) is 11.9 Å². The minimum atomic E-state index is -0.130. The number of aromatic nitrogens is 1. The number of para-hydroxylation sites is 1. The quantitative estimate of drug-likeness (QED) is 0.315. The van der Waals surface area contributed by atoms with Crippen molar-refractivity contribution in [3.8, 4) is 11.5 Å². The maximum atomic E-state index is 13.9. The Morgan fingerprint density at radius 1 is 0.838 bits per heavy atom. The van der Waals surface area contributed by atoms with Crippen LogP contribution in [0, 0.1) is 0 Å².